The summed E-state index contributed by atoms with van der Waals surface area (Å²) in [6, 6.07) is 9.76. The van der Waals surface area contributed by atoms with Crippen LogP contribution in [0.1, 0.15) is 26.2 Å². The monoisotopic (exact) mass is 244 g/mol. The molecular weight excluding hydrogens is 228 g/mol. The van der Waals surface area contributed by atoms with Crippen LogP contribution in [-0.2, 0) is 11.3 Å². The first-order chi connectivity index (χ1) is 8.75. The average Bonchev–Trinajstić information content (AvgIpc) is 2.84. The van der Waals surface area contributed by atoms with Gasteiger partial charge in [0.15, 0.2) is 0 Å². The number of aryl methyl sites for hydroxylation is 1. The van der Waals surface area contributed by atoms with E-state index >= 15 is 0 Å². The summed E-state index contributed by atoms with van der Waals surface area (Å²) in [5, 5.41) is 12.3. The molecule has 5 nitrogen and oxygen atoms in total. The van der Waals surface area contributed by atoms with Crippen molar-refractivity contribution < 1.29 is 4.79 Å². The summed E-state index contributed by atoms with van der Waals surface area (Å²) in [4.78, 5) is 12.4. The summed E-state index contributed by atoms with van der Waals surface area (Å²) in [6.45, 7) is 2.31. The summed E-state index contributed by atoms with van der Waals surface area (Å²) in [5.41, 5.74) is 0.965. The van der Waals surface area contributed by atoms with Gasteiger partial charge in [0, 0.05) is 12.0 Å². The van der Waals surface area contributed by atoms with Gasteiger partial charge in [0.25, 0.3) is 0 Å². The van der Waals surface area contributed by atoms with Crippen LogP contribution >= 0.6 is 0 Å². The minimum Gasteiger partial charge on any atom is -0.300 e. The smallest absolute Gasteiger partial charge is 0.204 e. The van der Waals surface area contributed by atoms with Crippen LogP contribution in [0, 0.1) is 0 Å². The third-order valence-electron chi connectivity index (χ3n) is 2.62. The minimum atomic E-state index is 0.228. The number of aromatic nitrogens is 4. The molecule has 0 aliphatic rings. The van der Waals surface area contributed by atoms with E-state index in [9.17, 15) is 4.79 Å². The van der Waals surface area contributed by atoms with Gasteiger partial charge in [0.1, 0.15) is 5.78 Å². The second-order valence-electron chi connectivity index (χ2n) is 4.23. The number of unbranched alkanes of at least 4 members (excludes halogenated alkanes) is 1. The lowest BCUT2D eigenvalue weighted by Crippen LogP contribution is -2.03. The van der Waals surface area contributed by atoms with Crippen LogP contribution in [0.25, 0.3) is 11.4 Å². The van der Waals surface area contributed by atoms with Gasteiger partial charge < -0.3 is 4.79 Å². The number of nitrogens with zero attached hydrogens (tertiary/aromatic N) is 4. The van der Waals surface area contributed by atoms with Gasteiger partial charge in [-0.2, -0.15) is 4.80 Å². The molecule has 0 fully saturated rings. The molecule has 0 aliphatic heterocycles. The molecule has 2 aromatic rings. The number of hydrogen-bond donors (Lipinski definition) is 0. The summed E-state index contributed by atoms with van der Waals surface area (Å²) >= 11 is 0. The van der Waals surface area contributed by atoms with Crippen molar-refractivity contribution >= 4 is 5.78 Å². The van der Waals surface area contributed by atoms with Gasteiger partial charge in [-0.05, 0) is 25.0 Å². The normalized spacial score (nSPS) is 10.5. The molecule has 1 aromatic heterocycles. The molecule has 0 saturated heterocycles. The Morgan fingerprint density at radius 1 is 1.22 bits per heavy atom. The second kappa shape index (κ2) is 6.05. The SMILES string of the molecule is CC(=O)CCCCn1nnc(-c2ccccc2)n1. The van der Waals surface area contributed by atoms with Gasteiger partial charge in [-0.1, -0.05) is 30.3 Å². The van der Waals surface area contributed by atoms with Crippen LogP contribution in [0.4, 0.5) is 0 Å². The first-order valence-electron chi connectivity index (χ1n) is 6.08. The van der Waals surface area contributed by atoms with Crippen molar-refractivity contribution in [1.29, 1.82) is 0 Å². The summed E-state index contributed by atoms with van der Waals surface area (Å²) < 4.78 is 0. The van der Waals surface area contributed by atoms with Crippen LogP contribution in [-0.4, -0.2) is 26.0 Å². The Balaban J connectivity index is 1.89. The predicted octanol–water partition coefficient (Wildman–Crippen LogP) is 2.10. The van der Waals surface area contributed by atoms with Gasteiger partial charge in [0.2, 0.25) is 5.82 Å². The van der Waals surface area contributed by atoms with Crippen LogP contribution in [0.5, 0.6) is 0 Å². The minimum absolute atomic E-state index is 0.228. The zero-order chi connectivity index (χ0) is 12.8. The molecule has 0 saturated carbocycles. The van der Waals surface area contributed by atoms with Crippen molar-refractivity contribution in [1.82, 2.24) is 20.2 Å². The quantitative estimate of drug-likeness (QED) is 0.730. The average molecular weight is 244 g/mol. The highest BCUT2D eigenvalue weighted by molar-refractivity contribution is 5.75. The predicted molar refractivity (Wildman–Crippen MR) is 67.8 cm³/mol. The van der Waals surface area contributed by atoms with Gasteiger partial charge >= 0.3 is 0 Å². The number of Topliss-reactive ketones (excluding diaryl/α,β-unsaturated/α-hetero) is 1. The number of benzene rings is 1. The van der Waals surface area contributed by atoms with Crippen molar-refractivity contribution in [3.05, 3.63) is 30.3 Å². The van der Waals surface area contributed by atoms with Crippen LogP contribution < -0.4 is 0 Å². The van der Waals surface area contributed by atoms with E-state index in [-0.39, 0.29) is 5.78 Å². The third-order valence-corrected chi connectivity index (χ3v) is 2.62. The summed E-state index contributed by atoms with van der Waals surface area (Å²) in [6.07, 6.45) is 2.39. The number of carbonyl (C=O) groups is 1. The van der Waals surface area contributed by atoms with Crippen LogP contribution in [0.2, 0.25) is 0 Å². The molecule has 5 heteroatoms. The highest BCUT2D eigenvalue weighted by atomic mass is 16.1. The third kappa shape index (κ3) is 3.48. The van der Waals surface area contributed by atoms with Gasteiger partial charge in [-0.15, -0.1) is 10.2 Å². The highest BCUT2D eigenvalue weighted by Gasteiger charge is 2.04. The Hall–Kier alpha value is -2.04. The highest BCUT2D eigenvalue weighted by Crippen LogP contribution is 2.11. The molecular formula is C13H16N4O. The van der Waals surface area contributed by atoms with Crippen LogP contribution in [0.15, 0.2) is 30.3 Å². The molecule has 18 heavy (non-hydrogen) atoms. The molecule has 94 valence electrons. The van der Waals surface area contributed by atoms with Crippen molar-refractivity contribution in [3.63, 3.8) is 0 Å². The zero-order valence-electron chi connectivity index (χ0n) is 10.4. The fraction of sp³-hybridized carbons (Fsp3) is 0.385. The van der Waals surface area contributed by atoms with Crippen LogP contribution in [0.3, 0.4) is 0 Å². The molecule has 0 radical (unpaired) electrons. The number of carbonyl (C=O) groups excluding carboxylic acids is 1. The van der Waals surface area contributed by atoms with Crippen molar-refractivity contribution in [2.24, 2.45) is 0 Å². The van der Waals surface area contributed by atoms with Crippen molar-refractivity contribution in [2.75, 3.05) is 0 Å². The fourth-order valence-electron chi connectivity index (χ4n) is 1.67. The number of hydrogen-bond acceptors (Lipinski definition) is 4. The Kier molecular flexibility index (Phi) is 4.17. The van der Waals surface area contributed by atoms with E-state index < -0.39 is 0 Å². The zero-order valence-corrected chi connectivity index (χ0v) is 10.4. The lowest BCUT2D eigenvalue weighted by molar-refractivity contribution is -0.117. The van der Waals surface area contributed by atoms with Crippen molar-refractivity contribution in [2.45, 2.75) is 32.7 Å². The first-order valence-corrected chi connectivity index (χ1v) is 6.08. The summed E-state index contributed by atoms with van der Waals surface area (Å²) in [7, 11) is 0. The summed E-state index contributed by atoms with van der Waals surface area (Å²) in [5.74, 6) is 0.869. The van der Waals surface area contributed by atoms with E-state index in [0.717, 1.165) is 18.4 Å². The Morgan fingerprint density at radius 2 is 2.00 bits per heavy atom. The maximum atomic E-state index is 10.8. The van der Waals surface area contributed by atoms with Gasteiger partial charge in [-0.3, -0.25) is 0 Å². The van der Waals surface area contributed by atoms with E-state index in [4.69, 9.17) is 0 Å². The molecule has 0 bridgehead atoms. The lowest BCUT2D eigenvalue weighted by Gasteiger charge is -1.97. The molecule has 0 atom stereocenters. The first kappa shape index (κ1) is 12.4. The van der Waals surface area contributed by atoms with E-state index in [1.165, 1.54) is 0 Å². The van der Waals surface area contributed by atoms with E-state index in [0.29, 0.717) is 18.8 Å². The maximum Gasteiger partial charge on any atom is 0.204 e. The molecule has 0 amide bonds. The van der Waals surface area contributed by atoms with Gasteiger partial charge in [0.05, 0.1) is 6.54 Å². The molecule has 0 unspecified atom stereocenters. The Morgan fingerprint density at radius 3 is 2.72 bits per heavy atom. The molecule has 2 rings (SSSR count). The lowest BCUT2D eigenvalue weighted by atomic mass is 10.2. The van der Waals surface area contributed by atoms with E-state index in [1.54, 1.807) is 11.7 Å². The standard InChI is InChI=1S/C13H16N4O/c1-11(18)7-5-6-10-17-15-13(14-16-17)12-8-3-2-4-9-12/h2-4,8-9H,5-7,10H2,1H3. The number of rotatable bonds is 6. The van der Waals surface area contributed by atoms with E-state index in [1.807, 2.05) is 30.3 Å². The fourth-order valence-corrected chi connectivity index (χ4v) is 1.67. The Bertz CT molecular complexity index is 507. The molecule has 0 N–H and O–H groups in total. The number of ketones is 1. The maximum absolute atomic E-state index is 10.8. The molecule has 0 aliphatic carbocycles. The van der Waals surface area contributed by atoms with Crippen molar-refractivity contribution in [3.8, 4) is 11.4 Å². The molecule has 1 aromatic carbocycles. The molecule has 1 heterocycles. The largest absolute Gasteiger partial charge is 0.300 e. The second-order valence-corrected chi connectivity index (χ2v) is 4.23. The topological polar surface area (TPSA) is 60.7 Å². The van der Waals surface area contributed by atoms with E-state index in [2.05, 4.69) is 15.4 Å². The number of tetrazole rings is 1. The van der Waals surface area contributed by atoms with Gasteiger partial charge in [-0.25, -0.2) is 0 Å². The Labute approximate surface area is 106 Å². The molecule has 0 spiro atoms.